The Kier molecular flexibility index (Phi) is 5.47. The minimum absolute atomic E-state index is 0.0860. The molecule has 0 bridgehead atoms. The molecular weight excluding hydrogens is 328 g/mol. The fourth-order valence-corrected chi connectivity index (χ4v) is 2.60. The van der Waals surface area contributed by atoms with Gasteiger partial charge in [0.25, 0.3) is 0 Å². The molecule has 5 N–H and O–H groups in total. The molecule has 1 aromatic carbocycles. The number of hydrogen-bond donors (Lipinski definition) is 3. The highest BCUT2D eigenvalue weighted by Crippen LogP contribution is 2.09. The van der Waals surface area contributed by atoms with E-state index in [1.54, 1.807) is 12.1 Å². The first-order valence-electron chi connectivity index (χ1n) is 7.25. The Bertz CT molecular complexity index is 827. The lowest BCUT2D eigenvalue weighted by Crippen LogP contribution is -2.24. The van der Waals surface area contributed by atoms with Gasteiger partial charge in [-0.05, 0) is 44.0 Å². The summed E-state index contributed by atoms with van der Waals surface area (Å²) in [4.78, 5) is 12.7. The number of nitrogens with one attached hydrogen (secondary N) is 1. The smallest absolute Gasteiger partial charge is 0.238 e. The van der Waals surface area contributed by atoms with Crippen molar-refractivity contribution in [1.29, 1.82) is 0 Å². The van der Waals surface area contributed by atoms with Crippen LogP contribution in [-0.4, -0.2) is 30.9 Å². The average Bonchev–Trinajstić information content (AvgIpc) is 2.45. The first-order chi connectivity index (χ1) is 11.2. The van der Waals surface area contributed by atoms with Crippen LogP contribution in [0, 0.1) is 13.8 Å². The fourth-order valence-electron chi connectivity index (χ4n) is 2.09. The third-order valence-corrected chi connectivity index (χ3v) is 4.09. The number of guanidine groups is 1. The lowest BCUT2D eigenvalue weighted by molar-refractivity contribution is 0.598. The van der Waals surface area contributed by atoms with Crippen LogP contribution in [0.1, 0.15) is 17.0 Å². The molecule has 0 saturated heterocycles. The van der Waals surface area contributed by atoms with Crippen LogP contribution in [0.15, 0.2) is 40.2 Å². The summed E-state index contributed by atoms with van der Waals surface area (Å²) in [6.07, 6.45) is 0.612. The number of anilines is 1. The van der Waals surface area contributed by atoms with Gasteiger partial charge in [-0.3, -0.25) is 10.3 Å². The van der Waals surface area contributed by atoms with E-state index >= 15 is 0 Å². The molecule has 1 aromatic heterocycles. The Morgan fingerprint density at radius 2 is 1.75 bits per heavy atom. The maximum Gasteiger partial charge on any atom is 0.238 e. The predicted octanol–water partition coefficient (Wildman–Crippen LogP) is 0.710. The van der Waals surface area contributed by atoms with Gasteiger partial charge in [-0.25, -0.2) is 23.5 Å². The predicted molar refractivity (Wildman–Crippen MR) is 93.1 cm³/mol. The molecule has 0 unspecified atom stereocenters. The van der Waals surface area contributed by atoms with Crippen LogP contribution in [-0.2, 0) is 16.4 Å². The van der Waals surface area contributed by atoms with E-state index in [9.17, 15) is 8.42 Å². The molecule has 0 aliphatic rings. The minimum atomic E-state index is -3.67. The van der Waals surface area contributed by atoms with Gasteiger partial charge in [0, 0.05) is 17.9 Å². The molecule has 0 atom stereocenters. The summed E-state index contributed by atoms with van der Waals surface area (Å²) in [5.41, 5.74) is 8.43. The monoisotopic (exact) mass is 348 g/mol. The molecular formula is C15H20N6O2S. The third kappa shape index (κ3) is 5.28. The molecule has 24 heavy (non-hydrogen) atoms. The molecule has 0 amide bonds. The van der Waals surface area contributed by atoms with Crippen LogP contribution < -0.4 is 16.2 Å². The van der Waals surface area contributed by atoms with Crippen molar-refractivity contribution in [3.05, 3.63) is 47.3 Å². The topological polar surface area (TPSA) is 136 Å². The molecule has 0 fully saturated rings. The van der Waals surface area contributed by atoms with Crippen molar-refractivity contribution in [3.8, 4) is 0 Å². The second kappa shape index (κ2) is 7.37. The van der Waals surface area contributed by atoms with Crippen LogP contribution in [0.4, 0.5) is 5.95 Å². The summed E-state index contributed by atoms with van der Waals surface area (Å²) < 4.78 is 22.4. The zero-order valence-electron chi connectivity index (χ0n) is 13.5. The van der Waals surface area contributed by atoms with Gasteiger partial charge in [0.1, 0.15) is 0 Å². The number of nitrogens with two attached hydrogens (primary N) is 2. The van der Waals surface area contributed by atoms with E-state index in [2.05, 4.69) is 20.3 Å². The number of benzene rings is 1. The fraction of sp³-hybridized carbons (Fsp3) is 0.267. The van der Waals surface area contributed by atoms with Gasteiger partial charge < -0.3 is 5.73 Å². The molecule has 0 radical (unpaired) electrons. The third-order valence-electron chi connectivity index (χ3n) is 3.16. The quantitative estimate of drug-likeness (QED) is 0.538. The highest BCUT2D eigenvalue weighted by atomic mass is 32.2. The lowest BCUT2D eigenvalue weighted by atomic mass is 10.1. The lowest BCUT2D eigenvalue weighted by Gasteiger charge is -2.06. The molecule has 9 heteroatoms. The summed E-state index contributed by atoms with van der Waals surface area (Å²) in [5, 5.41) is 7.90. The van der Waals surface area contributed by atoms with Gasteiger partial charge >= 0.3 is 0 Å². The van der Waals surface area contributed by atoms with Crippen molar-refractivity contribution >= 4 is 21.9 Å². The van der Waals surface area contributed by atoms with Crippen molar-refractivity contribution in [1.82, 2.24) is 9.97 Å². The van der Waals surface area contributed by atoms with Crippen molar-refractivity contribution < 1.29 is 8.42 Å². The van der Waals surface area contributed by atoms with E-state index in [4.69, 9.17) is 10.9 Å². The molecule has 0 spiro atoms. The standard InChI is InChI=1S/C15H20N6O2S/c1-10-9-11(2)20-15(19-10)21-14(16)18-8-7-12-3-5-13(6-4-12)24(17,22)23/h3-6,9H,7-8H2,1-2H3,(H2,17,22,23)(H3,16,18,19,20,21). The normalized spacial score (nSPS) is 12.2. The molecule has 8 nitrogen and oxygen atoms in total. The van der Waals surface area contributed by atoms with Gasteiger partial charge in [0.15, 0.2) is 5.96 Å². The SMILES string of the molecule is Cc1cc(C)nc(NC(N)=NCCc2ccc(S(N)(=O)=O)cc2)n1. The molecule has 0 aliphatic heterocycles. The van der Waals surface area contributed by atoms with E-state index in [1.807, 2.05) is 19.9 Å². The van der Waals surface area contributed by atoms with Crippen LogP contribution in [0.5, 0.6) is 0 Å². The summed E-state index contributed by atoms with van der Waals surface area (Å²) in [6.45, 7) is 4.19. The number of rotatable bonds is 5. The number of aryl methyl sites for hydroxylation is 2. The van der Waals surface area contributed by atoms with E-state index in [1.165, 1.54) is 12.1 Å². The van der Waals surface area contributed by atoms with Gasteiger partial charge in [-0.1, -0.05) is 12.1 Å². The number of primary sulfonamides is 1. The Hall–Kier alpha value is -2.52. The summed E-state index contributed by atoms with van der Waals surface area (Å²) >= 11 is 0. The zero-order valence-corrected chi connectivity index (χ0v) is 14.3. The molecule has 1 heterocycles. The van der Waals surface area contributed by atoms with E-state index in [0.29, 0.717) is 18.9 Å². The largest absolute Gasteiger partial charge is 0.370 e. The van der Waals surface area contributed by atoms with Crippen molar-refractivity contribution in [2.75, 3.05) is 11.9 Å². The number of aromatic nitrogens is 2. The molecule has 2 rings (SSSR count). The summed E-state index contributed by atoms with van der Waals surface area (Å²) in [7, 11) is -3.67. The first kappa shape index (κ1) is 17.8. The number of hydrogen-bond acceptors (Lipinski definition) is 5. The highest BCUT2D eigenvalue weighted by Gasteiger charge is 2.06. The van der Waals surface area contributed by atoms with Crippen molar-refractivity contribution in [3.63, 3.8) is 0 Å². The van der Waals surface area contributed by atoms with Crippen LogP contribution >= 0.6 is 0 Å². The maximum absolute atomic E-state index is 11.2. The first-order valence-corrected chi connectivity index (χ1v) is 8.79. The molecule has 0 saturated carbocycles. The second-order valence-electron chi connectivity index (χ2n) is 5.31. The average molecular weight is 348 g/mol. The number of nitrogens with zero attached hydrogens (tertiary/aromatic N) is 3. The van der Waals surface area contributed by atoms with Crippen LogP contribution in [0.3, 0.4) is 0 Å². The molecule has 2 aromatic rings. The van der Waals surface area contributed by atoms with Crippen molar-refractivity contribution in [2.45, 2.75) is 25.2 Å². The van der Waals surface area contributed by atoms with E-state index in [-0.39, 0.29) is 10.9 Å². The Balaban J connectivity index is 1.93. The van der Waals surface area contributed by atoms with Gasteiger partial charge in [-0.15, -0.1) is 0 Å². The number of sulfonamides is 1. The Morgan fingerprint density at radius 3 is 2.29 bits per heavy atom. The van der Waals surface area contributed by atoms with Gasteiger partial charge in [0.05, 0.1) is 4.90 Å². The summed E-state index contributed by atoms with van der Waals surface area (Å²) in [6, 6.07) is 8.21. The van der Waals surface area contributed by atoms with E-state index < -0.39 is 10.0 Å². The Morgan fingerprint density at radius 1 is 1.17 bits per heavy atom. The van der Waals surface area contributed by atoms with Crippen LogP contribution in [0.25, 0.3) is 0 Å². The van der Waals surface area contributed by atoms with Gasteiger partial charge in [0.2, 0.25) is 16.0 Å². The zero-order chi connectivity index (χ0) is 17.7. The second-order valence-corrected chi connectivity index (χ2v) is 6.87. The van der Waals surface area contributed by atoms with E-state index in [0.717, 1.165) is 17.0 Å². The van der Waals surface area contributed by atoms with Crippen LogP contribution in [0.2, 0.25) is 0 Å². The molecule has 128 valence electrons. The Labute approximate surface area is 141 Å². The summed E-state index contributed by atoms with van der Waals surface area (Å²) in [5.74, 6) is 0.632. The maximum atomic E-state index is 11.2. The molecule has 0 aliphatic carbocycles. The minimum Gasteiger partial charge on any atom is -0.370 e. The van der Waals surface area contributed by atoms with Crippen molar-refractivity contribution in [2.24, 2.45) is 15.9 Å². The van der Waals surface area contributed by atoms with Gasteiger partial charge in [-0.2, -0.15) is 0 Å². The highest BCUT2D eigenvalue weighted by molar-refractivity contribution is 7.89. The number of aliphatic imine (C=N–C) groups is 1.